The van der Waals surface area contributed by atoms with Crippen molar-refractivity contribution in [2.75, 3.05) is 12.4 Å². The maximum absolute atomic E-state index is 13.5. The number of thioether (sulfide) groups is 1. The number of thiophene rings is 1. The molecular formula is C27H30N4O4S2. The van der Waals surface area contributed by atoms with Crippen molar-refractivity contribution in [2.24, 2.45) is 10.7 Å². The largest absolute Gasteiger partial charge is 0.465 e. The van der Waals surface area contributed by atoms with Crippen LogP contribution in [0.15, 0.2) is 40.5 Å². The number of nitrogens with two attached hydrogens (primary N) is 1. The number of aryl methyl sites for hydroxylation is 2. The Morgan fingerprint density at radius 1 is 1.14 bits per heavy atom. The maximum Gasteiger partial charge on any atom is 0.341 e. The second-order valence-electron chi connectivity index (χ2n) is 9.58. The Morgan fingerprint density at radius 3 is 2.65 bits per heavy atom. The summed E-state index contributed by atoms with van der Waals surface area (Å²) in [4.78, 5) is 45.2. The number of amides is 2. The van der Waals surface area contributed by atoms with Crippen molar-refractivity contribution in [2.45, 2.75) is 63.2 Å². The molecule has 3 aliphatic rings. The molecule has 10 heteroatoms. The molecule has 0 spiro atoms. The van der Waals surface area contributed by atoms with Crippen LogP contribution in [-0.2, 0) is 27.2 Å². The molecule has 1 saturated carbocycles. The normalized spacial score (nSPS) is 20.4. The fourth-order valence-electron chi connectivity index (χ4n) is 4.62. The lowest BCUT2D eigenvalue weighted by Gasteiger charge is -2.12. The molecule has 1 aliphatic heterocycles. The van der Waals surface area contributed by atoms with Gasteiger partial charge >= 0.3 is 5.97 Å². The fourth-order valence-corrected chi connectivity index (χ4v) is 7.02. The number of hydrogen-bond donors (Lipinski definition) is 3. The number of nitrogens with one attached hydrogen (secondary N) is 2. The van der Waals surface area contributed by atoms with E-state index in [-0.39, 0.29) is 23.2 Å². The van der Waals surface area contributed by atoms with Crippen LogP contribution in [0.3, 0.4) is 0 Å². The van der Waals surface area contributed by atoms with E-state index in [2.05, 4.69) is 10.6 Å². The molecule has 1 fully saturated rings. The molecule has 0 radical (unpaired) electrons. The molecule has 0 saturated heterocycles. The van der Waals surface area contributed by atoms with Crippen LogP contribution in [0.1, 0.15) is 58.5 Å². The molecule has 1 atom stereocenters. The molecule has 5 rings (SSSR count). The Balaban J connectivity index is 1.46. The molecule has 8 nitrogen and oxygen atoms in total. The molecule has 2 aromatic rings. The van der Waals surface area contributed by atoms with Crippen LogP contribution >= 0.6 is 23.1 Å². The van der Waals surface area contributed by atoms with Crippen molar-refractivity contribution in [3.8, 4) is 0 Å². The van der Waals surface area contributed by atoms with E-state index in [4.69, 9.17) is 15.5 Å². The molecule has 2 amide bonds. The number of anilines is 1. The summed E-state index contributed by atoms with van der Waals surface area (Å²) in [6.45, 7) is 1.97. The Bertz CT molecular complexity index is 1330. The van der Waals surface area contributed by atoms with Crippen LogP contribution in [0.4, 0.5) is 10.7 Å². The van der Waals surface area contributed by atoms with Gasteiger partial charge in [-0.3, -0.25) is 9.59 Å². The molecule has 194 valence electrons. The number of aliphatic imine (C=N–C) groups is 1. The van der Waals surface area contributed by atoms with Gasteiger partial charge in [-0.25, -0.2) is 9.79 Å². The van der Waals surface area contributed by atoms with E-state index in [0.29, 0.717) is 21.3 Å². The Hall–Kier alpha value is -3.11. The molecule has 1 aromatic carbocycles. The lowest BCUT2D eigenvalue weighted by atomic mass is 10.1. The molecule has 2 heterocycles. The SMILES string of the molecule is COC(=O)c1c(NC(=O)[C@H]2SC(=Nc3cccc(C)c3)C(C(=O)NC3CC3)=C2N)sc2c1CCCCC2. The highest BCUT2D eigenvalue weighted by atomic mass is 32.2. The standard InChI is InChI=1S/C27H30N4O4S2/c1-14-7-6-8-16(13-14)30-26-20(23(32)29-15-11-12-15)21(28)22(37-26)24(33)31-25-19(27(34)35-2)17-9-4-3-5-10-18(17)36-25/h6-8,13,15,22H,3-5,9-12,28H2,1-2H3,(H,29,32)(H,31,33)/t22-/m0/s1. The van der Waals surface area contributed by atoms with E-state index in [1.54, 1.807) is 0 Å². The first-order valence-electron chi connectivity index (χ1n) is 12.5. The van der Waals surface area contributed by atoms with E-state index in [0.717, 1.165) is 72.7 Å². The van der Waals surface area contributed by atoms with Crippen LogP contribution in [0.25, 0.3) is 0 Å². The Labute approximate surface area is 224 Å². The first-order valence-corrected chi connectivity index (χ1v) is 14.2. The summed E-state index contributed by atoms with van der Waals surface area (Å²) in [5.74, 6) is -1.16. The zero-order chi connectivity index (χ0) is 26.1. The van der Waals surface area contributed by atoms with E-state index in [1.807, 2.05) is 31.2 Å². The molecule has 2 aliphatic carbocycles. The highest BCUT2D eigenvalue weighted by molar-refractivity contribution is 8.16. The van der Waals surface area contributed by atoms with Crippen LogP contribution in [-0.4, -0.2) is 41.2 Å². The highest BCUT2D eigenvalue weighted by Gasteiger charge is 2.40. The van der Waals surface area contributed by atoms with Gasteiger partial charge in [-0.05, 0) is 68.7 Å². The minimum Gasteiger partial charge on any atom is -0.465 e. The summed E-state index contributed by atoms with van der Waals surface area (Å²) < 4.78 is 5.06. The predicted octanol–water partition coefficient (Wildman–Crippen LogP) is 4.39. The average Bonchev–Trinajstić information content (AvgIpc) is 3.58. The van der Waals surface area contributed by atoms with Gasteiger partial charge in [0.05, 0.1) is 23.9 Å². The maximum atomic E-state index is 13.5. The van der Waals surface area contributed by atoms with Gasteiger partial charge in [0.15, 0.2) is 0 Å². The monoisotopic (exact) mass is 538 g/mol. The van der Waals surface area contributed by atoms with Gasteiger partial charge in [0.2, 0.25) is 5.91 Å². The summed E-state index contributed by atoms with van der Waals surface area (Å²) in [7, 11) is 1.35. The summed E-state index contributed by atoms with van der Waals surface area (Å²) in [5, 5.41) is 5.95. The zero-order valence-corrected chi connectivity index (χ0v) is 22.5. The third-order valence-electron chi connectivity index (χ3n) is 6.67. The van der Waals surface area contributed by atoms with Gasteiger partial charge in [-0.15, -0.1) is 11.3 Å². The number of rotatable bonds is 6. The molecule has 0 unspecified atom stereocenters. The van der Waals surface area contributed by atoms with E-state index in [9.17, 15) is 14.4 Å². The lowest BCUT2D eigenvalue weighted by molar-refractivity contribution is -0.117. The minimum atomic E-state index is -0.851. The third-order valence-corrected chi connectivity index (χ3v) is 9.10. The second kappa shape index (κ2) is 10.7. The first kappa shape index (κ1) is 25.5. The molecular weight excluding hydrogens is 508 g/mol. The van der Waals surface area contributed by atoms with Crippen molar-refractivity contribution in [1.29, 1.82) is 0 Å². The molecule has 37 heavy (non-hydrogen) atoms. The number of methoxy groups -OCH3 is 1. The average molecular weight is 539 g/mol. The summed E-state index contributed by atoms with van der Waals surface area (Å²) in [5.41, 5.74) is 10.00. The van der Waals surface area contributed by atoms with Crippen molar-refractivity contribution < 1.29 is 19.1 Å². The summed E-state index contributed by atoms with van der Waals surface area (Å²) in [6, 6.07) is 7.76. The second-order valence-corrected chi connectivity index (χ2v) is 11.8. The molecule has 0 bridgehead atoms. The number of esters is 1. The van der Waals surface area contributed by atoms with Gasteiger partial charge < -0.3 is 21.1 Å². The number of hydrogen-bond acceptors (Lipinski definition) is 8. The molecule has 4 N–H and O–H groups in total. The highest BCUT2D eigenvalue weighted by Crippen LogP contribution is 2.40. The van der Waals surface area contributed by atoms with Gasteiger partial charge in [-0.2, -0.15) is 0 Å². The van der Waals surface area contributed by atoms with Gasteiger partial charge in [0.25, 0.3) is 5.91 Å². The van der Waals surface area contributed by atoms with Crippen molar-refractivity contribution >= 4 is 56.6 Å². The number of carbonyl (C=O) groups is 3. The number of ether oxygens (including phenoxy) is 1. The van der Waals surface area contributed by atoms with Crippen LogP contribution < -0.4 is 16.4 Å². The van der Waals surface area contributed by atoms with Gasteiger partial charge in [-0.1, -0.05) is 30.3 Å². The van der Waals surface area contributed by atoms with Crippen LogP contribution in [0.2, 0.25) is 0 Å². The fraction of sp³-hybridized carbons (Fsp3) is 0.407. The lowest BCUT2D eigenvalue weighted by Crippen LogP contribution is -2.32. The van der Waals surface area contributed by atoms with Crippen LogP contribution in [0, 0.1) is 6.92 Å². The number of carbonyl (C=O) groups excluding carboxylic acids is 3. The van der Waals surface area contributed by atoms with E-state index >= 15 is 0 Å². The smallest absolute Gasteiger partial charge is 0.341 e. The van der Waals surface area contributed by atoms with Gasteiger partial charge in [0.1, 0.15) is 15.3 Å². The van der Waals surface area contributed by atoms with Crippen molar-refractivity contribution in [3.05, 3.63) is 57.1 Å². The van der Waals surface area contributed by atoms with Crippen LogP contribution in [0.5, 0.6) is 0 Å². The van der Waals surface area contributed by atoms with E-state index in [1.165, 1.54) is 18.4 Å². The minimum absolute atomic E-state index is 0.134. The van der Waals surface area contributed by atoms with Crippen molar-refractivity contribution in [3.63, 3.8) is 0 Å². The topological polar surface area (TPSA) is 123 Å². The number of benzene rings is 1. The predicted molar refractivity (Wildman–Crippen MR) is 148 cm³/mol. The Kier molecular flexibility index (Phi) is 7.39. The first-order chi connectivity index (χ1) is 17.9. The quantitative estimate of drug-likeness (QED) is 0.370. The number of nitrogens with zero attached hydrogens (tertiary/aromatic N) is 1. The van der Waals surface area contributed by atoms with E-state index < -0.39 is 17.1 Å². The summed E-state index contributed by atoms with van der Waals surface area (Å²) in [6.07, 6.45) is 6.67. The van der Waals surface area contributed by atoms with Gasteiger partial charge in [0, 0.05) is 16.6 Å². The third kappa shape index (κ3) is 5.45. The van der Waals surface area contributed by atoms with Crippen molar-refractivity contribution in [1.82, 2.24) is 5.32 Å². The molecule has 1 aromatic heterocycles. The Morgan fingerprint density at radius 2 is 1.92 bits per heavy atom. The summed E-state index contributed by atoms with van der Waals surface area (Å²) >= 11 is 2.58. The zero-order valence-electron chi connectivity index (χ0n) is 20.9. The number of fused-ring (bicyclic) bond motifs is 1.